The van der Waals surface area contributed by atoms with Gasteiger partial charge in [0.25, 0.3) is 0 Å². The molecule has 114 valence electrons. The highest BCUT2D eigenvalue weighted by atomic mass is 16.3. The molecule has 0 aromatic carbocycles. The van der Waals surface area contributed by atoms with Crippen LogP contribution in [-0.4, -0.2) is 30.4 Å². The van der Waals surface area contributed by atoms with Gasteiger partial charge in [0.15, 0.2) is 0 Å². The Bertz CT molecular complexity index is 539. The Kier molecular flexibility index (Phi) is 3.29. The zero-order valence-electron chi connectivity index (χ0n) is 12.7. The molecule has 1 amide bonds. The summed E-state index contributed by atoms with van der Waals surface area (Å²) in [5.74, 6) is 2.70. The number of furan rings is 1. The smallest absolute Gasteiger partial charge is 0.247 e. The van der Waals surface area contributed by atoms with Gasteiger partial charge in [-0.25, -0.2) is 0 Å². The fraction of sp³-hybridized carbons (Fsp3) is 0.706. The number of likely N-dealkylation sites (N-methyl/N-ethyl adjacent to an activating group) is 1. The molecular formula is C17H24N2O2. The number of fused-ring (bicyclic) bond motifs is 3. The summed E-state index contributed by atoms with van der Waals surface area (Å²) in [6.45, 7) is 0.843. The van der Waals surface area contributed by atoms with Gasteiger partial charge in [-0.05, 0) is 62.6 Å². The maximum atomic E-state index is 13.0. The Morgan fingerprint density at radius 1 is 1.29 bits per heavy atom. The summed E-state index contributed by atoms with van der Waals surface area (Å²) in [6, 6.07) is 2.16. The molecule has 2 aliphatic carbocycles. The third-order valence-corrected chi connectivity index (χ3v) is 5.88. The number of carbonyl (C=O) groups is 1. The lowest BCUT2D eigenvalue weighted by atomic mass is 9.84. The molecule has 4 unspecified atom stereocenters. The van der Waals surface area contributed by atoms with E-state index in [-0.39, 0.29) is 11.9 Å². The van der Waals surface area contributed by atoms with E-state index in [4.69, 9.17) is 4.42 Å². The number of rotatable bonds is 2. The topological polar surface area (TPSA) is 45.5 Å². The fourth-order valence-electron chi connectivity index (χ4n) is 4.80. The first-order valence-electron chi connectivity index (χ1n) is 8.32. The fourth-order valence-corrected chi connectivity index (χ4v) is 4.80. The second kappa shape index (κ2) is 5.16. The third kappa shape index (κ3) is 2.11. The Balaban J connectivity index is 1.62. The molecule has 0 spiro atoms. The molecule has 2 fully saturated rings. The molecule has 4 atom stereocenters. The van der Waals surface area contributed by atoms with Gasteiger partial charge in [-0.1, -0.05) is 6.42 Å². The minimum absolute atomic E-state index is 0.210. The van der Waals surface area contributed by atoms with E-state index >= 15 is 0 Å². The minimum atomic E-state index is -0.309. The first-order valence-corrected chi connectivity index (χ1v) is 8.32. The summed E-state index contributed by atoms with van der Waals surface area (Å²) >= 11 is 0. The van der Waals surface area contributed by atoms with Crippen LogP contribution < -0.4 is 5.32 Å². The molecule has 3 aliphatic rings. The van der Waals surface area contributed by atoms with Crippen molar-refractivity contribution in [3.63, 3.8) is 0 Å². The van der Waals surface area contributed by atoms with Crippen LogP contribution in [0.25, 0.3) is 0 Å². The van der Waals surface area contributed by atoms with E-state index in [1.807, 2.05) is 13.1 Å². The molecule has 4 nitrogen and oxygen atoms in total. The van der Waals surface area contributed by atoms with Gasteiger partial charge < -0.3 is 14.6 Å². The number of hydrogen-bond acceptors (Lipinski definition) is 3. The number of hydrogen-bond donors (Lipinski definition) is 1. The van der Waals surface area contributed by atoms with Crippen LogP contribution in [-0.2, 0) is 11.2 Å². The summed E-state index contributed by atoms with van der Waals surface area (Å²) in [7, 11) is 1.85. The van der Waals surface area contributed by atoms with Crippen molar-refractivity contribution in [1.82, 2.24) is 10.2 Å². The molecule has 4 rings (SSSR count). The zero-order valence-corrected chi connectivity index (χ0v) is 12.7. The summed E-state index contributed by atoms with van der Waals surface area (Å²) in [5, 5.41) is 3.16. The quantitative estimate of drug-likeness (QED) is 0.909. The van der Waals surface area contributed by atoms with Crippen LogP contribution in [0.4, 0.5) is 0 Å². The highest BCUT2D eigenvalue weighted by molar-refractivity contribution is 5.84. The van der Waals surface area contributed by atoms with Crippen molar-refractivity contribution in [2.75, 3.05) is 13.6 Å². The molecule has 1 aliphatic heterocycles. The van der Waals surface area contributed by atoms with Gasteiger partial charge in [-0.3, -0.25) is 4.79 Å². The lowest BCUT2D eigenvalue weighted by Gasteiger charge is -2.39. The highest BCUT2D eigenvalue weighted by Crippen LogP contribution is 2.44. The van der Waals surface area contributed by atoms with Crippen LogP contribution in [0.2, 0.25) is 0 Å². The van der Waals surface area contributed by atoms with E-state index in [1.54, 1.807) is 6.26 Å². The summed E-state index contributed by atoms with van der Waals surface area (Å²) in [5.41, 5.74) is 1.19. The Morgan fingerprint density at radius 2 is 2.14 bits per heavy atom. The van der Waals surface area contributed by atoms with Crippen molar-refractivity contribution in [2.24, 2.45) is 11.8 Å². The predicted molar refractivity (Wildman–Crippen MR) is 79.8 cm³/mol. The van der Waals surface area contributed by atoms with Gasteiger partial charge in [-0.15, -0.1) is 0 Å². The second-order valence-electron chi connectivity index (χ2n) is 6.90. The van der Waals surface area contributed by atoms with Crippen LogP contribution >= 0.6 is 0 Å². The molecule has 0 radical (unpaired) electrons. The summed E-state index contributed by atoms with van der Waals surface area (Å²) in [6.07, 6.45) is 9.15. The molecule has 2 saturated carbocycles. The van der Waals surface area contributed by atoms with E-state index < -0.39 is 0 Å². The highest BCUT2D eigenvalue weighted by Gasteiger charge is 2.43. The molecule has 21 heavy (non-hydrogen) atoms. The van der Waals surface area contributed by atoms with Gasteiger partial charge in [-0.2, -0.15) is 0 Å². The standard InChI is InChI=1S/C17H24N2O2/c1-18-15-16-12(7-9-21-16)6-8-19(17(15)20)14-5-3-11-2-4-13(14)10-11/h7,9,11,13-15,18H,2-6,8,10H2,1H3. The summed E-state index contributed by atoms with van der Waals surface area (Å²) in [4.78, 5) is 15.2. The van der Waals surface area contributed by atoms with Gasteiger partial charge >= 0.3 is 0 Å². The van der Waals surface area contributed by atoms with Crippen LogP contribution in [0.1, 0.15) is 49.5 Å². The van der Waals surface area contributed by atoms with Crippen molar-refractivity contribution >= 4 is 5.91 Å². The zero-order chi connectivity index (χ0) is 14.4. The molecule has 1 aromatic heterocycles. The van der Waals surface area contributed by atoms with Crippen molar-refractivity contribution in [3.05, 3.63) is 23.7 Å². The maximum absolute atomic E-state index is 13.0. The van der Waals surface area contributed by atoms with Crippen molar-refractivity contribution in [2.45, 2.75) is 50.6 Å². The normalized spacial score (nSPS) is 35.7. The monoisotopic (exact) mass is 288 g/mol. The molecular weight excluding hydrogens is 264 g/mol. The largest absolute Gasteiger partial charge is 0.467 e. The van der Waals surface area contributed by atoms with E-state index in [2.05, 4.69) is 10.2 Å². The maximum Gasteiger partial charge on any atom is 0.247 e. The number of amides is 1. The van der Waals surface area contributed by atoms with Crippen molar-refractivity contribution < 1.29 is 9.21 Å². The lowest BCUT2D eigenvalue weighted by molar-refractivity contribution is -0.137. The van der Waals surface area contributed by atoms with Gasteiger partial charge in [0.05, 0.1) is 6.26 Å². The van der Waals surface area contributed by atoms with E-state index in [0.29, 0.717) is 6.04 Å². The molecule has 1 aromatic rings. The Morgan fingerprint density at radius 3 is 3.00 bits per heavy atom. The van der Waals surface area contributed by atoms with E-state index in [9.17, 15) is 4.79 Å². The summed E-state index contributed by atoms with van der Waals surface area (Å²) < 4.78 is 5.60. The van der Waals surface area contributed by atoms with Crippen LogP contribution in [0, 0.1) is 11.8 Å². The number of nitrogens with zero attached hydrogens (tertiary/aromatic N) is 1. The van der Waals surface area contributed by atoms with Gasteiger partial charge in [0.2, 0.25) is 5.91 Å². The number of nitrogens with one attached hydrogen (secondary N) is 1. The molecule has 1 N–H and O–H groups in total. The minimum Gasteiger partial charge on any atom is -0.467 e. The average molecular weight is 288 g/mol. The Hall–Kier alpha value is -1.29. The predicted octanol–water partition coefficient (Wildman–Crippen LogP) is 2.50. The molecule has 2 heterocycles. The van der Waals surface area contributed by atoms with Crippen LogP contribution in [0.5, 0.6) is 0 Å². The average Bonchev–Trinajstić information content (AvgIpc) is 3.07. The molecule has 0 saturated heterocycles. The van der Waals surface area contributed by atoms with Crippen molar-refractivity contribution in [3.8, 4) is 0 Å². The SMILES string of the molecule is CNC1C(=O)N(C2CCC3CCC2C3)CCc2ccoc21. The number of carbonyl (C=O) groups excluding carboxylic acids is 1. The van der Waals surface area contributed by atoms with Crippen molar-refractivity contribution in [1.29, 1.82) is 0 Å². The van der Waals surface area contributed by atoms with Crippen LogP contribution in [0.3, 0.4) is 0 Å². The lowest BCUT2D eigenvalue weighted by Crippen LogP contribution is -2.49. The second-order valence-corrected chi connectivity index (χ2v) is 6.90. The first kappa shape index (κ1) is 13.4. The molecule has 4 heteroatoms. The van der Waals surface area contributed by atoms with Gasteiger partial charge in [0, 0.05) is 12.6 Å². The first-order chi connectivity index (χ1) is 10.3. The van der Waals surface area contributed by atoms with Crippen LogP contribution in [0.15, 0.2) is 16.7 Å². The van der Waals surface area contributed by atoms with E-state index in [0.717, 1.165) is 30.6 Å². The molecule has 2 bridgehead atoms. The van der Waals surface area contributed by atoms with E-state index in [1.165, 1.54) is 37.7 Å². The van der Waals surface area contributed by atoms with Gasteiger partial charge in [0.1, 0.15) is 11.8 Å². The third-order valence-electron chi connectivity index (χ3n) is 5.88. The Labute approximate surface area is 125 Å².